The van der Waals surface area contributed by atoms with Crippen LogP contribution in [0.15, 0.2) is 39.9 Å². The molecule has 1 aliphatic heterocycles. The number of hydrogen-bond acceptors (Lipinski definition) is 4. The largest absolute Gasteiger partial charge is 0.332 e. The summed E-state index contributed by atoms with van der Waals surface area (Å²) in [5.74, 6) is 1.09. The Morgan fingerprint density at radius 3 is 2.58 bits per heavy atom. The molecule has 26 heavy (non-hydrogen) atoms. The number of fused-ring (bicyclic) bond motifs is 3. The first-order chi connectivity index (χ1) is 12.5. The molecule has 0 aliphatic carbocycles. The predicted molar refractivity (Wildman–Crippen MR) is 102 cm³/mol. The van der Waals surface area contributed by atoms with Gasteiger partial charge in [0, 0.05) is 32.4 Å². The van der Waals surface area contributed by atoms with Gasteiger partial charge in [0.1, 0.15) is 0 Å². The summed E-state index contributed by atoms with van der Waals surface area (Å²) in [5, 5.41) is 0. The van der Waals surface area contributed by atoms with E-state index in [1.54, 1.807) is 7.05 Å². The molecule has 1 aliphatic rings. The van der Waals surface area contributed by atoms with Crippen LogP contribution in [0.4, 0.5) is 11.6 Å². The second kappa shape index (κ2) is 6.16. The molecular formula is C19H23N5O2. The highest BCUT2D eigenvalue weighted by Gasteiger charge is 2.29. The van der Waals surface area contributed by atoms with E-state index in [9.17, 15) is 9.59 Å². The number of hydrogen-bond donors (Lipinski definition) is 0. The first-order valence-electron chi connectivity index (χ1n) is 9.05. The Balaban J connectivity index is 2.03. The van der Waals surface area contributed by atoms with Crippen molar-refractivity contribution in [2.75, 3.05) is 11.4 Å². The normalized spacial score (nSPS) is 16.9. The van der Waals surface area contributed by atoms with E-state index >= 15 is 0 Å². The van der Waals surface area contributed by atoms with Crippen LogP contribution in [0.2, 0.25) is 0 Å². The van der Waals surface area contributed by atoms with Crippen LogP contribution in [0.25, 0.3) is 11.2 Å². The molecule has 3 aromatic rings. The molecule has 7 nitrogen and oxygen atoms in total. The van der Waals surface area contributed by atoms with Crippen LogP contribution in [-0.2, 0) is 20.1 Å². The van der Waals surface area contributed by atoms with Gasteiger partial charge in [0.15, 0.2) is 11.2 Å². The summed E-state index contributed by atoms with van der Waals surface area (Å²) >= 11 is 0. The van der Waals surface area contributed by atoms with Gasteiger partial charge in [0.2, 0.25) is 5.95 Å². The lowest BCUT2D eigenvalue weighted by atomic mass is 10.1. The first-order valence-corrected chi connectivity index (χ1v) is 9.05. The second-order valence-electron chi connectivity index (χ2n) is 7.04. The number of aromatic nitrogens is 4. The third-order valence-electron chi connectivity index (χ3n) is 4.96. The molecule has 0 saturated heterocycles. The molecule has 0 amide bonds. The third-order valence-corrected chi connectivity index (χ3v) is 4.96. The zero-order valence-electron chi connectivity index (χ0n) is 15.3. The molecule has 1 atom stereocenters. The van der Waals surface area contributed by atoms with Crippen LogP contribution in [0.1, 0.15) is 20.3 Å². The molecule has 4 rings (SSSR count). The minimum atomic E-state index is -0.306. The van der Waals surface area contributed by atoms with Crippen molar-refractivity contribution in [3.05, 3.63) is 51.2 Å². The summed E-state index contributed by atoms with van der Waals surface area (Å²) in [6.07, 6.45) is 0.730. The average molecular weight is 353 g/mol. The number of imidazole rings is 1. The van der Waals surface area contributed by atoms with E-state index in [-0.39, 0.29) is 11.2 Å². The highest BCUT2D eigenvalue weighted by Crippen LogP contribution is 2.32. The molecule has 0 radical (unpaired) electrons. The van der Waals surface area contributed by atoms with E-state index in [2.05, 4.69) is 11.8 Å². The highest BCUT2D eigenvalue weighted by molar-refractivity contribution is 5.77. The molecule has 2 aromatic heterocycles. The fourth-order valence-corrected chi connectivity index (χ4v) is 3.75. The molecule has 136 valence electrons. The number of para-hydroxylation sites is 1. The zero-order chi connectivity index (χ0) is 18.4. The standard InChI is InChI=1S/C19H23N5O2/c1-4-10-22-17(25)15-16(21(3)19(22)26)20-18-23(11-13(2)12-24(15)18)14-8-6-5-7-9-14/h5-9,13H,4,10-12H2,1-3H3/t13-/m1/s1. The van der Waals surface area contributed by atoms with Crippen LogP contribution in [0.5, 0.6) is 0 Å². The number of benzene rings is 1. The maximum Gasteiger partial charge on any atom is 0.332 e. The summed E-state index contributed by atoms with van der Waals surface area (Å²) in [4.78, 5) is 32.5. The molecule has 1 aromatic carbocycles. The number of nitrogens with zero attached hydrogens (tertiary/aromatic N) is 5. The number of aryl methyl sites for hydroxylation is 1. The lowest BCUT2D eigenvalue weighted by molar-refractivity contribution is 0.457. The van der Waals surface area contributed by atoms with Gasteiger partial charge in [-0.05, 0) is 24.5 Å². The van der Waals surface area contributed by atoms with Gasteiger partial charge in [0.25, 0.3) is 5.56 Å². The van der Waals surface area contributed by atoms with Gasteiger partial charge in [-0.15, -0.1) is 0 Å². The van der Waals surface area contributed by atoms with Gasteiger partial charge >= 0.3 is 5.69 Å². The van der Waals surface area contributed by atoms with Gasteiger partial charge in [-0.25, -0.2) is 4.79 Å². The Hall–Kier alpha value is -2.83. The highest BCUT2D eigenvalue weighted by atomic mass is 16.2. The summed E-state index contributed by atoms with van der Waals surface area (Å²) < 4.78 is 4.79. The fourth-order valence-electron chi connectivity index (χ4n) is 3.75. The Labute approximate surface area is 151 Å². The first kappa shape index (κ1) is 16.6. The van der Waals surface area contributed by atoms with Gasteiger partial charge in [0.05, 0.1) is 0 Å². The average Bonchev–Trinajstić information content (AvgIpc) is 3.03. The zero-order valence-corrected chi connectivity index (χ0v) is 15.3. The van der Waals surface area contributed by atoms with Gasteiger partial charge < -0.3 is 9.47 Å². The van der Waals surface area contributed by atoms with Crippen molar-refractivity contribution < 1.29 is 0 Å². The lowest BCUT2D eigenvalue weighted by Crippen LogP contribution is -2.40. The predicted octanol–water partition coefficient (Wildman–Crippen LogP) is 2.09. The molecule has 3 heterocycles. The van der Waals surface area contributed by atoms with E-state index in [1.807, 2.05) is 41.8 Å². The van der Waals surface area contributed by atoms with Crippen molar-refractivity contribution in [3.8, 4) is 0 Å². The Bertz CT molecular complexity index is 1080. The van der Waals surface area contributed by atoms with Crippen molar-refractivity contribution in [3.63, 3.8) is 0 Å². The summed E-state index contributed by atoms with van der Waals surface area (Å²) in [7, 11) is 1.69. The third kappa shape index (κ3) is 2.38. The maximum absolute atomic E-state index is 13.0. The SMILES string of the molecule is CCCn1c(=O)c2c(nc3n2C[C@H](C)CN3c2ccccc2)n(C)c1=O. The molecule has 0 saturated carbocycles. The Morgan fingerprint density at radius 2 is 1.88 bits per heavy atom. The molecule has 0 fully saturated rings. The smallest absolute Gasteiger partial charge is 0.312 e. The summed E-state index contributed by atoms with van der Waals surface area (Å²) in [6.45, 7) is 6.08. The van der Waals surface area contributed by atoms with Gasteiger partial charge in [-0.1, -0.05) is 32.0 Å². The molecular weight excluding hydrogens is 330 g/mol. The van der Waals surface area contributed by atoms with Gasteiger partial charge in [-0.2, -0.15) is 4.98 Å². The lowest BCUT2D eigenvalue weighted by Gasteiger charge is -2.32. The van der Waals surface area contributed by atoms with Crippen LogP contribution < -0.4 is 16.1 Å². The number of rotatable bonds is 3. The van der Waals surface area contributed by atoms with Crippen LogP contribution in [0, 0.1) is 5.92 Å². The van der Waals surface area contributed by atoms with E-state index in [0.29, 0.717) is 30.2 Å². The van der Waals surface area contributed by atoms with E-state index in [4.69, 9.17) is 4.98 Å². The van der Waals surface area contributed by atoms with E-state index in [1.165, 1.54) is 9.13 Å². The second-order valence-corrected chi connectivity index (χ2v) is 7.04. The van der Waals surface area contributed by atoms with Crippen molar-refractivity contribution in [1.29, 1.82) is 0 Å². The minimum Gasteiger partial charge on any atom is -0.312 e. The van der Waals surface area contributed by atoms with Crippen molar-refractivity contribution >= 4 is 22.8 Å². The monoisotopic (exact) mass is 353 g/mol. The van der Waals surface area contributed by atoms with Crippen LogP contribution in [0.3, 0.4) is 0 Å². The van der Waals surface area contributed by atoms with Crippen molar-refractivity contribution in [2.24, 2.45) is 13.0 Å². The topological polar surface area (TPSA) is 65.1 Å². The quantitative estimate of drug-likeness (QED) is 0.723. The molecule has 0 bridgehead atoms. The molecule has 7 heteroatoms. The van der Waals surface area contributed by atoms with E-state index in [0.717, 1.165) is 24.6 Å². The minimum absolute atomic E-state index is 0.245. The summed E-state index contributed by atoms with van der Waals surface area (Å²) in [6, 6.07) is 10.0. The number of anilines is 2. The fraction of sp³-hybridized carbons (Fsp3) is 0.421. The van der Waals surface area contributed by atoms with Crippen molar-refractivity contribution in [2.45, 2.75) is 33.4 Å². The molecule has 0 N–H and O–H groups in total. The maximum atomic E-state index is 13.0. The molecule has 0 unspecified atom stereocenters. The molecule has 0 spiro atoms. The Morgan fingerprint density at radius 1 is 1.15 bits per heavy atom. The Kier molecular flexibility index (Phi) is 3.94. The van der Waals surface area contributed by atoms with Gasteiger partial charge in [-0.3, -0.25) is 13.9 Å². The van der Waals surface area contributed by atoms with Crippen LogP contribution >= 0.6 is 0 Å². The van der Waals surface area contributed by atoms with E-state index < -0.39 is 0 Å². The van der Waals surface area contributed by atoms with Crippen molar-refractivity contribution in [1.82, 2.24) is 18.7 Å². The summed E-state index contributed by atoms with van der Waals surface area (Å²) in [5.41, 5.74) is 1.46. The van der Waals surface area contributed by atoms with Crippen LogP contribution in [-0.4, -0.2) is 25.2 Å².